The highest BCUT2D eigenvalue weighted by Crippen LogP contribution is 2.19. The summed E-state index contributed by atoms with van der Waals surface area (Å²) in [5.41, 5.74) is 1.58. The van der Waals surface area contributed by atoms with Crippen molar-refractivity contribution in [1.82, 2.24) is 0 Å². The van der Waals surface area contributed by atoms with Crippen LogP contribution in [0.1, 0.15) is 5.56 Å². The molecule has 0 aromatic heterocycles. The zero-order valence-corrected chi connectivity index (χ0v) is 8.43. The molecule has 14 heavy (non-hydrogen) atoms. The molecule has 0 aliphatic heterocycles. The SMILES string of the molecule is [C-]#[N+]CC(=O)Nc1ccc(Cl)cc1C. The number of carbonyl (C=O) groups is 1. The fourth-order valence-corrected chi connectivity index (χ4v) is 1.26. The van der Waals surface area contributed by atoms with Crippen molar-refractivity contribution in [1.29, 1.82) is 0 Å². The number of anilines is 1. The lowest BCUT2D eigenvalue weighted by molar-refractivity contribution is -0.114. The van der Waals surface area contributed by atoms with E-state index in [1.54, 1.807) is 18.2 Å². The predicted octanol–water partition coefficient (Wildman–Crippen LogP) is 2.51. The molecule has 0 saturated carbocycles. The Kier molecular flexibility index (Phi) is 3.49. The average Bonchev–Trinajstić information content (AvgIpc) is 2.10. The lowest BCUT2D eigenvalue weighted by atomic mass is 10.2. The molecule has 0 aliphatic carbocycles. The van der Waals surface area contributed by atoms with Crippen LogP contribution < -0.4 is 5.32 Å². The summed E-state index contributed by atoms with van der Waals surface area (Å²) >= 11 is 5.75. The van der Waals surface area contributed by atoms with Crippen molar-refractivity contribution in [3.63, 3.8) is 0 Å². The summed E-state index contributed by atoms with van der Waals surface area (Å²) in [7, 11) is 0. The van der Waals surface area contributed by atoms with Crippen molar-refractivity contribution in [3.05, 3.63) is 40.2 Å². The second kappa shape index (κ2) is 4.64. The molecule has 0 atom stereocenters. The average molecular weight is 209 g/mol. The fraction of sp³-hybridized carbons (Fsp3) is 0.200. The third-order valence-electron chi connectivity index (χ3n) is 1.69. The number of hydrogen-bond acceptors (Lipinski definition) is 1. The Balaban J connectivity index is 2.78. The predicted molar refractivity (Wildman–Crippen MR) is 56.3 cm³/mol. The van der Waals surface area contributed by atoms with Gasteiger partial charge in [-0.1, -0.05) is 11.6 Å². The lowest BCUT2D eigenvalue weighted by Gasteiger charge is -2.05. The summed E-state index contributed by atoms with van der Waals surface area (Å²) in [4.78, 5) is 14.1. The molecule has 1 N–H and O–H groups in total. The molecule has 1 aromatic rings. The maximum Gasteiger partial charge on any atom is 0.304 e. The maximum absolute atomic E-state index is 11.1. The highest BCUT2D eigenvalue weighted by Gasteiger charge is 2.06. The zero-order chi connectivity index (χ0) is 10.6. The van der Waals surface area contributed by atoms with Crippen LogP contribution in [0.15, 0.2) is 18.2 Å². The van der Waals surface area contributed by atoms with E-state index in [0.29, 0.717) is 10.7 Å². The van der Waals surface area contributed by atoms with Gasteiger partial charge in [0.05, 0.1) is 0 Å². The molecule has 0 saturated heterocycles. The molecule has 1 amide bonds. The maximum atomic E-state index is 11.1. The van der Waals surface area contributed by atoms with Crippen molar-refractivity contribution in [2.75, 3.05) is 11.9 Å². The van der Waals surface area contributed by atoms with E-state index in [4.69, 9.17) is 18.2 Å². The normalized spacial score (nSPS) is 9.21. The minimum absolute atomic E-state index is 0.151. The number of hydrogen-bond donors (Lipinski definition) is 1. The summed E-state index contributed by atoms with van der Waals surface area (Å²) in [5.74, 6) is -0.301. The van der Waals surface area contributed by atoms with Crippen LogP contribution in [0.3, 0.4) is 0 Å². The number of halogens is 1. The van der Waals surface area contributed by atoms with Gasteiger partial charge >= 0.3 is 5.91 Å². The van der Waals surface area contributed by atoms with Crippen LogP contribution in [-0.4, -0.2) is 12.5 Å². The molecule has 1 aromatic carbocycles. The quantitative estimate of drug-likeness (QED) is 0.745. The topological polar surface area (TPSA) is 33.5 Å². The van der Waals surface area contributed by atoms with Crippen LogP contribution in [0.4, 0.5) is 5.69 Å². The first kappa shape index (κ1) is 10.6. The molecule has 72 valence electrons. The number of benzene rings is 1. The molecule has 3 nitrogen and oxygen atoms in total. The highest BCUT2D eigenvalue weighted by atomic mass is 35.5. The molecular weight excluding hydrogens is 200 g/mol. The van der Waals surface area contributed by atoms with E-state index in [2.05, 4.69) is 10.2 Å². The first-order valence-corrected chi connectivity index (χ1v) is 4.40. The van der Waals surface area contributed by atoms with Crippen LogP contribution in [0.5, 0.6) is 0 Å². The Morgan fingerprint density at radius 3 is 2.93 bits per heavy atom. The van der Waals surface area contributed by atoms with Crippen molar-refractivity contribution in [2.24, 2.45) is 0 Å². The molecule has 0 radical (unpaired) electrons. The lowest BCUT2D eigenvalue weighted by Crippen LogP contribution is -2.14. The monoisotopic (exact) mass is 208 g/mol. The number of aryl methyl sites for hydroxylation is 1. The van der Waals surface area contributed by atoms with Crippen LogP contribution >= 0.6 is 11.6 Å². The van der Waals surface area contributed by atoms with Crippen molar-refractivity contribution >= 4 is 23.2 Å². The summed E-state index contributed by atoms with van der Waals surface area (Å²) in [5, 5.41) is 3.26. The minimum atomic E-state index is -0.301. The molecule has 0 unspecified atom stereocenters. The largest absolute Gasteiger partial charge is 0.319 e. The summed E-state index contributed by atoms with van der Waals surface area (Å²) in [6.07, 6.45) is 0. The summed E-state index contributed by atoms with van der Waals surface area (Å²) in [6.45, 7) is 8.23. The van der Waals surface area contributed by atoms with E-state index in [1.165, 1.54) is 0 Å². The van der Waals surface area contributed by atoms with Gasteiger partial charge in [-0.3, -0.25) is 4.79 Å². The molecular formula is C10H9ClN2O. The molecule has 0 heterocycles. The molecule has 4 heteroatoms. The summed E-state index contributed by atoms with van der Waals surface area (Å²) in [6, 6.07) is 5.18. The van der Waals surface area contributed by atoms with Gasteiger partial charge < -0.3 is 10.2 Å². The van der Waals surface area contributed by atoms with Crippen molar-refractivity contribution < 1.29 is 4.79 Å². The number of nitrogens with one attached hydrogen (secondary N) is 1. The number of rotatable bonds is 2. The Hall–Kier alpha value is -1.53. The Labute approximate surface area is 87.5 Å². The van der Waals surface area contributed by atoms with Crippen LogP contribution in [0, 0.1) is 13.5 Å². The Morgan fingerprint density at radius 1 is 1.64 bits per heavy atom. The second-order valence-electron chi connectivity index (χ2n) is 2.82. The molecule has 0 bridgehead atoms. The third kappa shape index (κ3) is 2.75. The first-order valence-electron chi connectivity index (χ1n) is 4.02. The highest BCUT2D eigenvalue weighted by molar-refractivity contribution is 6.30. The van der Waals surface area contributed by atoms with Gasteiger partial charge in [0, 0.05) is 10.7 Å². The Bertz CT molecular complexity index is 396. The van der Waals surface area contributed by atoms with E-state index in [0.717, 1.165) is 5.56 Å². The van der Waals surface area contributed by atoms with Gasteiger partial charge in [0.15, 0.2) is 0 Å². The van der Waals surface area contributed by atoms with Gasteiger partial charge in [0.2, 0.25) is 0 Å². The van der Waals surface area contributed by atoms with Gasteiger partial charge in [-0.25, -0.2) is 6.57 Å². The minimum Gasteiger partial charge on any atom is -0.319 e. The van der Waals surface area contributed by atoms with Gasteiger partial charge in [0.1, 0.15) is 0 Å². The van der Waals surface area contributed by atoms with Gasteiger partial charge in [-0.15, -0.1) is 0 Å². The van der Waals surface area contributed by atoms with Crippen LogP contribution in [0.2, 0.25) is 5.02 Å². The van der Waals surface area contributed by atoms with Gasteiger partial charge in [-0.2, -0.15) is 0 Å². The molecule has 1 rings (SSSR count). The van der Waals surface area contributed by atoms with Crippen molar-refractivity contribution in [3.8, 4) is 0 Å². The molecule has 0 spiro atoms. The van der Waals surface area contributed by atoms with Crippen molar-refractivity contribution in [2.45, 2.75) is 6.92 Å². The van der Waals surface area contributed by atoms with E-state index < -0.39 is 0 Å². The van der Waals surface area contributed by atoms with E-state index in [-0.39, 0.29) is 12.5 Å². The van der Waals surface area contributed by atoms with E-state index in [9.17, 15) is 4.79 Å². The first-order chi connectivity index (χ1) is 6.63. The second-order valence-corrected chi connectivity index (χ2v) is 3.26. The molecule has 0 fully saturated rings. The number of amides is 1. The van der Waals surface area contributed by atoms with Gasteiger partial charge in [-0.05, 0) is 30.7 Å². The van der Waals surface area contributed by atoms with Gasteiger partial charge in [0.25, 0.3) is 6.54 Å². The fourth-order valence-electron chi connectivity index (χ4n) is 1.03. The van der Waals surface area contributed by atoms with E-state index in [1.807, 2.05) is 6.92 Å². The van der Waals surface area contributed by atoms with Crippen LogP contribution in [-0.2, 0) is 4.79 Å². The number of carbonyl (C=O) groups excluding carboxylic acids is 1. The zero-order valence-electron chi connectivity index (χ0n) is 7.67. The Morgan fingerprint density at radius 2 is 2.36 bits per heavy atom. The molecule has 0 aliphatic rings. The van der Waals surface area contributed by atoms with E-state index >= 15 is 0 Å². The smallest absolute Gasteiger partial charge is 0.304 e. The number of nitrogens with zero attached hydrogens (tertiary/aromatic N) is 1. The van der Waals surface area contributed by atoms with Crippen LogP contribution in [0.25, 0.3) is 4.85 Å². The third-order valence-corrected chi connectivity index (χ3v) is 1.92. The standard InChI is InChI=1S/C10H9ClN2O/c1-7-5-8(11)3-4-9(7)13-10(14)6-12-2/h3-5H,6H2,1H3,(H,13,14). The summed E-state index contributed by atoms with van der Waals surface area (Å²) < 4.78 is 0.